The van der Waals surface area contributed by atoms with Gasteiger partial charge in [0.05, 0.1) is 7.11 Å². The van der Waals surface area contributed by atoms with Crippen LogP contribution >= 0.6 is 0 Å². The minimum Gasteiger partial charge on any atom is -0.495 e. The van der Waals surface area contributed by atoms with E-state index < -0.39 is 10.0 Å². The molecule has 2 heterocycles. The zero-order valence-electron chi connectivity index (χ0n) is 20.1. The maximum absolute atomic E-state index is 13.2. The zero-order valence-corrected chi connectivity index (χ0v) is 20.9. The van der Waals surface area contributed by atoms with Crippen LogP contribution in [0.4, 0.5) is 5.69 Å². The monoisotopic (exact) mass is 485 g/mol. The smallest absolute Gasteiger partial charge is 0.255 e. The average molecular weight is 486 g/mol. The number of amides is 1. The van der Waals surface area contributed by atoms with Gasteiger partial charge in [0, 0.05) is 37.4 Å². The number of anilines is 1. The molecule has 0 bridgehead atoms. The standard InChI is InChI=1S/C26H35N3O4S/c1-20-7-6-14-28(18-20)19-21-8-10-22(11-9-21)26(30)27-23-12-13-24(33-2)25(17-23)34(31,32)29-15-4-3-5-16-29/h8-13,17,20H,3-7,14-16,18-19H2,1-2H3,(H,27,30)/t20-/m1/s1. The van der Waals surface area contributed by atoms with E-state index in [9.17, 15) is 13.2 Å². The van der Waals surface area contributed by atoms with Gasteiger partial charge in [0.1, 0.15) is 10.6 Å². The molecule has 1 atom stereocenters. The number of sulfonamides is 1. The number of benzene rings is 2. The van der Waals surface area contributed by atoms with E-state index in [1.807, 2.05) is 24.3 Å². The Hall–Kier alpha value is -2.42. The molecule has 1 N–H and O–H groups in total. The van der Waals surface area contributed by atoms with Crippen LogP contribution in [0, 0.1) is 5.92 Å². The number of ether oxygens (including phenoxy) is 1. The summed E-state index contributed by atoms with van der Waals surface area (Å²) in [6.45, 7) is 6.43. The Morgan fingerprint density at radius 1 is 1.03 bits per heavy atom. The van der Waals surface area contributed by atoms with E-state index in [0.717, 1.165) is 44.8 Å². The van der Waals surface area contributed by atoms with Gasteiger partial charge in [-0.15, -0.1) is 0 Å². The summed E-state index contributed by atoms with van der Waals surface area (Å²) < 4.78 is 33.3. The third-order valence-corrected chi connectivity index (χ3v) is 8.64. The van der Waals surface area contributed by atoms with Crippen molar-refractivity contribution in [2.45, 2.75) is 50.5 Å². The van der Waals surface area contributed by atoms with Crippen LogP contribution in [0.1, 0.15) is 54.9 Å². The SMILES string of the molecule is COc1ccc(NC(=O)c2ccc(CN3CCC[C@@H](C)C3)cc2)cc1S(=O)(=O)N1CCCCC1. The van der Waals surface area contributed by atoms with E-state index in [-0.39, 0.29) is 16.6 Å². The van der Waals surface area contributed by atoms with Crippen LogP contribution in [0.2, 0.25) is 0 Å². The van der Waals surface area contributed by atoms with Crippen molar-refractivity contribution in [2.24, 2.45) is 5.92 Å². The van der Waals surface area contributed by atoms with Crippen molar-refractivity contribution < 1.29 is 17.9 Å². The normalized spacial score (nSPS) is 20.1. The molecule has 34 heavy (non-hydrogen) atoms. The molecule has 1 amide bonds. The fourth-order valence-corrected chi connectivity index (χ4v) is 6.55. The molecule has 0 aromatic heterocycles. The molecule has 8 heteroatoms. The summed E-state index contributed by atoms with van der Waals surface area (Å²) in [5, 5.41) is 2.84. The summed E-state index contributed by atoms with van der Waals surface area (Å²) in [6, 6.07) is 12.4. The molecule has 2 aliphatic rings. The molecule has 184 valence electrons. The highest BCUT2D eigenvalue weighted by Crippen LogP contribution is 2.31. The van der Waals surface area contributed by atoms with Crippen molar-refractivity contribution in [3.63, 3.8) is 0 Å². The predicted molar refractivity (Wildman–Crippen MR) is 134 cm³/mol. The lowest BCUT2D eigenvalue weighted by atomic mass is 9.99. The maximum Gasteiger partial charge on any atom is 0.255 e. The topological polar surface area (TPSA) is 79.0 Å². The Balaban J connectivity index is 1.46. The van der Waals surface area contributed by atoms with Crippen LogP contribution in [-0.2, 0) is 16.6 Å². The second-order valence-electron chi connectivity index (χ2n) is 9.46. The maximum atomic E-state index is 13.2. The molecule has 2 aromatic carbocycles. The average Bonchev–Trinajstić information content (AvgIpc) is 2.85. The van der Waals surface area contributed by atoms with Crippen molar-refractivity contribution in [1.29, 1.82) is 0 Å². The number of likely N-dealkylation sites (tertiary alicyclic amines) is 1. The number of nitrogens with zero attached hydrogens (tertiary/aromatic N) is 2. The molecular formula is C26H35N3O4S. The summed E-state index contributed by atoms with van der Waals surface area (Å²) in [5.74, 6) is 0.733. The Labute approximate surface area is 203 Å². The molecule has 2 aliphatic heterocycles. The van der Waals surface area contributed by atoms with Crippen molar-refractivity contribution in [3.8, 4) is 5.75 Å². The number of hydrogen-bond acceptors (Lipinski definition) is 5. The van der Waals surface area contributed by atoms with Gasteiger partial charge in [0.15, 0.2) is 0 Å². The molecule has 2 saturated heterocycles. The van der Waals surface area contributed by atoms with Gasteiger partial charge >= 0.3 is 0 Å². The van der Waals surface area contributed by atoms with Crippen molar-refractivity contribution in [3.05, 3.63) is 53.6 Å². The molecule has 0 saturated carbocycles. The highest BCUT2D eigenvalue weighted by Gasteiger charge is 2.29. The van der Waals surface area contributed by atoms with E-state index in [4.69, 9.17) is 4.74 Å². The highest BCUT2D eigenvalue weighted by molar-refractivity contribution is 7.89. The van der Waals surface area contributed by atoms with Gasteiger partial charge in [-0.3, -0.25) is 9.69 Å². The Bertz CT molecular complexity index is 1100. The number of carbonyl (C=O) groups is 1. The fraction of sp³-hybridized carbons (Fsp3) is 0.500. The van der Waals surface area contributed by atoms with Crippen molar-refractivity contribution >= 4 is 21.6 Å². The van der Waals surface area contributed by atoms with Crippen LogP contribution in [0.15, 0.2) is 47.4 Å². The molecule has 0 radical (unpaired) electrons. The number of methoxy groups -OCH3 is 1. The lowest BCUT2D eigenvalue weighted by Gasteiger charge is -2.30. The van der Waals surface area contributed by atoms with Crippen LogP contribution in [0.3, 0.4) is 0 Å². The molecule has 2 fully saturated rings. The molecular weight excluding hydrogens is 450 g/mol. The molecule has 2 aromatic rings. The lowest BCUT2D eigenvalue weighted by molar-refractivity contribution is 0.102. The number of carbonyl (C=O) groups excluding carboxylic acids is 1. The van der Waals surface area contributed by atoms with Gasteiger partial charge in [-0.1, -0.05) is 25.5 Å². The van der Waals surface area contributed by atoms with Crippen molar-refractivity contribution in [1.82, 2.24) is 9.21 Å². The van der Waals surface area contributed by atoms with Crippen molar-refractivity contribution in [2.75, 3.05) is 38.6 Å². The zero-order chi connectivity index (χ0) is 24.1. The largest absolute Gasteiger partial charge is 0.495 e. The molecule has 0 aliphatic carbocycles. The van der Waals surface area contributed by atoms with Gasteiger partial charge in [-0.25, -0.2) is 8.42 Å². The number of nitrogens with one attached hydrogen (secondary N) is 1. The number of piperidine rings is 2. The first-order valence-corrected chi connectivity index (χ1v) is 13.6. The number of hydrogen-bond donors (Lipinski definition) is 1. The van der Waals surface area contributed by atoms with E-state index >= 15 is 0 Å². The third-order valence-electron chi connectivity index (χ3n) is 6.72. The van der Waals surface area contributed by atoms with E-state index in [1.165, 1.54) is 35.9 Å². The van der Waals surface area contributed by atoms with Gasteiger partial charge in [0.2, 0.25) is 10.0 Å². The van der Waals surface area contributed by atoms with E-state index in [1.54, 1.807) is 12.1 Å². The summed E-state index contributed by atoms with van der Waals surface area (Å²) >= 11 is 0. The van der Waals surface area contributed by atoms with E-state index in [0.29, 0.717) is 24.3 Å². The molecule has 0 unspecified atom stereocenters. The molecule has 7 nitrogen and oxygen atoms in total. The minimum atomic E-state index is -3.70. The van der Waals surface area contributed by atoms with Gasteiger partial charge in [-0.05, 0) is 74.0 Å². The first-order valence-electron chi connectivity index (χ1n) is 12.2. The molecule has 0 spiro atoms. The minimum absolute atomic E-state index is 0.0841. The summed E-state index contributed by atoms with van der Waals surface area (Å²) in [5.41, 5.74) is 2.14. The van der Waals surface area contributed by atoms with Gasteiger partial charge in [0.25, 0.3) is 5.91 Å². The lowest BCUT2D eigenvalue weighted by Crippen LogP contribution is -2.35. The second-order valence-corrected chi connectivity index (χ2v) is 11.4. The number of rotatable bonds is 7. The van der Waals surface area contributed by atoms with Crippen LogP contribution in [0.5, 0.6) is 5.75 Å². The van der Waals surface area contributed by atoms with Gasteiger partial charge < -0.3 is 10.1 Å². The van der Waals surface area contributed by atoms with E-state index in [2.05, 4.69) is 17.1 Å². The summed E-state index contributed by atoms with van der Waals surface area (Å²) in [4.78, 5) is 15.4. The summed E-state index contributed by atoms with van der Waals surface area (Å²) in [7, 11) is -2.25. The predicted octanol–water partition coefficient (Wildman–Crippen LogP) is 4.35. The second kappa shape index (κ2) is 10.9. The molecule has 4 rings (SSSR count). The Morgan fingerprint density at radius 2 is 1.76 bits per heavy atom. The highest BCUT2D eigenvalue weighted by atomic mass is 32.2. The first kappa shape index (κ1) is 24.7. The first-order chi connectivity index (χ1) is 16.4. The summed E-state index contributed by atoms with van der Waals surface area (Å²) in [6.07, 6.45) is 5.27. The Kier molecular flexibility index (Phi) is 7.91. The van der Waals surface area contributed by atoms with Crippen LogP contribution < -0.4 is 10.1 Å². The van der Waals surface area contributed by atoms with Gasteiger partial charge in [-0.2, -0.15) is 4.31 Å². The van der Waals surface area contributed by atoms with Crippen LogP contribution in [-0.4, -0.2) is 56.8 Å². The quantitative estimate of drug-likeness (QED) is 0.631. The fourth-order valence-electron chi connectivity index (χ4n) is 4.85. The third kappa shape index (κ3) is 5.79. The van der Waals surface area contributed by atoms with Crippen LogP contribution in [0.25, 0.3) is 0 Å². The Morgan fingerprint density at radius 3 is 2.44 bits per heavy atom.